The Morgan fingerprint density at radius 2 is 1.62 bits per heavy atom. The van der Waals surface area contributed by atoms with Crippen LogP contribution in [0.1, 0.15) is 11.1 Å². The maximum atomic E-state index is 13.9. The zero-order valence-corrected chi connectivity index (χ0v) is 13.2. The van der Waals surface area contributed by atoms with Crippen LogP contribution in [-0.2, 0) is 12.8 Å². The second kappa shape index (κ2) is 6.81. The summed E-state index contributed by atoms with van der Waals surface area (Å²) in [6, 6.07) is 6.10. The Bertz CT molecular complexity index is 643. The van der Waals surface area contributed by atoms with Gasteiger partial charge in [-0.05, 0) is 53.0 Å². The second-order valence-corrected chi connectivity index (χ2v) is 5.95. The van der Waals surface area contributed by atoms with Gasteiger partial charge in [0.05, 0.1) is 4.47 Å². The zero-order valence-electron chi connectivity index (χ0n) is 10.8. The van der Waals surface area contributed by atoms with Gasteiger partial charge in [-0.15, -0.1) is 0 Å². The number of halogens is 5. The Labute approximate surface area is 134 Å². The lowest BCUT2D eigenvalue weighted by atomic mass is 9.98. The summed E-state index contributed by atoms with van der Waals surface area (Å²) in [7, 11) is 0. The average molecular weight is 379 g/mol. The average Bonchev–Trinajstić information content (AvgIpc) is 2.43. The molecule has 0 aliphatic carbocycles. The van der Waals surface area contributed by atoms with Crippen LogP contribution in [0.2, 0.25) is 5.02 Å². The normalized spacial score (nSPS) is 12.5. The van der Waals surface area contributed by atoms with Crippen LogP contribution < -0.4 is 5.73 Å². The van der Waals surface area contributed by atoms with Gasteiger partial charge in [0.2, 0.25) is 0 Å². The summed E-state index contributed by atoms with van der Waals surface area (Å²) in [5.74, 6) is -1.84. The summed E-state index contributed by atoms with van der Waals surface area (Å²) < 4.78 is 41.4. The van der Waals surface area contributed by atoms with E-state index in [9.17, 15) is 13.2 Å². The predicted molar refractivity (Wildman–Crippen MR) is 80.9 cm³/mol. The van der Waals surface area contributed by atoms with Crippen LogP contribution in [0, 0.1) is 17.5 Å². The molecule has 6 heteroatoms. The molecule has 0 amide bonds. The van der Waals surface area contributed by atoms with E-state index in [1.165, 1.54) is 18.2 Å². The maximum Gasteiger partial charge on any atom is 0.143 e. The molecule has 2 rings (SSSR count). The molecule has 21 heavy (non-hydrogen) atoms. The molecule has 0 radical (unpaired) electrons. The second-order valence-electron chi connectivity index (χ2n) is 4.69. The molecule has 0 aliphatic heterocycles. The molecule has 0 heterocycles. The molecule has 0 saturated heterocycles. The van der Waals surface area contributed by atoms with Crippen molar-refractivity contribution in [1.82, 2.24) is 0 Å². The van der Waals surface area contributed by atoms with Gasteiger partial charge in [0.15, 0.2) is 0 Å². The highest BCUT2D eigenvalue weighted by Gasteiger charge is 2.18. The molecule has 0 aromatic heterocycles. The summed E-state index contributed by atoms with van der Waals surface area (Å²) in [5.41, 5.74) is 6.02. The monoisotopic (exact) mass is 377 g/mol. The number of rotatable bonds is 4. The molecule has 1 atom stereocenters. The quantitative estimate of drug-likeness (QED) is 0.771. The fourth-order valence-electron chi connectivity index (χ4n) is 2.08. The Hall–Kier alpha value is -1.04. The third-order valence-electron chi connectivity index (χ3n) is 3.13. The molecular formula is C15H12BrClF3N. The van der Waals surface area contributed by atoms with Gasteiger partial charge in [-0.25, -0.2) is 13.2 Å². The molecule has 0 saturated carbocycles. The van der Waals surface area contributed by atoms with Gasteiger partial charge in [-0.3, -0.25) is 0 Å². The topological polar surface area (TPSA) is 26.0 Å². The fourth-order valence-corrected chi connectivity index (χ4v) is 2.69. The van der Waals surface area contributed by atoms with E-state index in [0.717, 1.165) is 6.07 Å². The lowest BCUT2D eigenvalue weighted by molar-refractivity contribution is 0.525. The third kappa shape index (κ3) is 3.78. The van der Waals surface area contributed by atoms with E-state index in [4.69, 9.17) is 17.3 Å². The highest BCUT2D eigenvalue weighted by Crippen LogP contribution is 2.25. The number of hydrogen-bond donors (Lipinski definition) is 1. The molecule has 2 N–H and O–H groups in total. The molecule has 1 nitrogen and oxygen atoms in total. The Kier molecular flexibility index (Phi) is 5.30. The summed E-state index contributed by atoms with van der Waals surface area (Å²) >= 11 is 8.91. The van der Waals surface area contributed by atoms with Gasteiger partial charge in [0, 0.05) is 22.2 Å². The molecule has 0 aliphatic rings. The first-order valence-corrected chi connectivity index (χ1v) is 7.38. The highest BCUT2D eigenvalue weighted by molar-refractivity contribution is 9.10. The van der Waals surface area contributed by atoms with E-state index < -0.39 is 23.5 Å². The first-order chi connectivity index (χ1) is 9.90. The SMILES string of the molecule is NC(Cc1c(F)cccc1Cl)Cc1c(F)ccc(Br)c1F. The molecule has 112 valence electrons. The van der Waals surface area contributed by atoms with Crippen LogP contribution >= 0.6 is 27.5 Å². The minimum Gasteiger partial charge on any atom is -0.327 e. The van der Waals surface area contributed by atoms with Gasteiger partial charge in [-0.1, -0.05) is 17.7 Å². The number of hydrogen-bond acceptors (Lipinski definition) is 1. The van der Waals surface area contributed by atoms with Crippen LogP contribution in [0.15, 0.2) is 34.8 Å². The lowest BCUT2D eigenvalue weighted by Crippen LogP contribution is -2.27. The van der Waals surface area contributed by atoms with Crippen molar-refractivity contribution < 1.29 is 13.2 Å². The molecular weight excluding hydrogens is 367 g/mol. The third-order valence-corrected chi connectivity index (χ3v) is 4.10. The van der Waals surface area contributed by atoms with E-state index in [1.807, 2.05) is 0 Å². The van der Waals surface area contributed by atoms with Gasteiger partial charge in [-0.2, -0.15) is 0 Å². The minimum absolute atomic E-state index is 0.0538. The first kappa shape index (κ1) is 16.3. The molecule has 2 aromatic rings. The van der Waals surface area contributed by atoms with Gasteiger partial charge < -0.3 is 5.73 Å². The van der Waals surface area contributed by atoms with E-state index in [2.05, 4.69) is 15.9 Å². The molecule has 0 bridgehead atoms. The van der Waals surface area contributed by atoms with Crippen molar-refractivity contribution in [1.29, 1.82) is 0 Å². The van der Waals surface area contributed by atoms with E-state index in [1.54, 1.807) is 6.07 Å². The van der Waals surface area contributed by atoms with Gasteiger partial charge in [0.25, 0.3) is 0 Å². The van der Waals surface area contributed by atoms with Crippen molar-refractivity contribution in [2.45, 2.75) is 18.9 Å². The summed E-state index contributed by atoms with van der Waals surface area (Å²) in [6.07, 6.45) is 0.0403. The highest BCUT2D eigenvalue weighted by atomic mass is 79.9. The Morgan fingerprint density at radius 3 is 2.29 bits per heavy atom. The minimum atomic E-state index is -0.690. The van der Waals surface area contributed by atoms with Crippen molar-refractivity contribution in [3.63, 3.8) is 0 Å². The Morgan fingerprint density at radius 1 is 1.00 bits per heavy atom. The molecule has 0 spiro atoms. The number of nitrogens with two attached hydrogens (primary N) is 1. The first-order valence-electron chi connectivity index (χ1n) is 6.21. The smallest absolute Gasteiger partial charge is 0.143 e. The summed E-state index contributed by atoms with van der Waals surface area (Å²) in [6.45, 7) is 0. The van der Waals surface area contributed by atoms with Crippen LogP contribution in [0.4, 0.5) is 13.2 Å². The van der Waals surface area contributed by atoms with Gasteiger partial charge >= 0.3 is 0 Å². The molecule has 0 fully saturated rings. The van der Waals surface area contributed by atoms with Gasteiger partial charge in [0.1, 0.15) is 17.5 Å². The summed E-state index contributed by atoms with van der Waals surface area (Å²) in [5, 5.41) is 0.251. The van der Waals surface area contributed by atoms with Crippen molar-refractivity contribution in [3.8, 4) is 0 Å². The predicted octanol–water partition coefficient (Wildman–Crippen LogP) is 4.63. The standard InChI is InChI=1S/C15H12BrClF3N/c16-11-4-5-14(19)10(15(11)20)7-8(21)6-9-12(17)2-1-3-13(9)18/h1-5,8H,6-7,21H2. The van der Waals surface area contributed by atoms with Crippen LogP contribution in [0.25, 0.3) is 0 Å². The van der Waals surface area contributed by atoms with Crippen molar-refractivity contribution >= 4 is 27.5 Å². The fraction of sp³-hybridized carbons (Fsp3) is 0.200. The largest absolute Gasteiger partial charge is 0.327 e. The van der Waals surface area contributed by atoms with Crippen LogP contribution in [-0.4, -0.2) is 6.04 Å². The molecule has 1 unspecified atom stereocenters. The molecule has 2 aromatic carbocycles. The van der Waals surface area contributed by atoms with Crippen molar-refractivity contribution in [2.24, 2.45) is 5.73 Å². The lowest BCUT2D eigenvalue weighted by Gasteiger charge is -2.15. The van der Waals surface area contributed by atoms with Crippen LogP contribution in [0.3, 0.4) is 0 Å². The number of benzene rings is 2. The maximum absolute atomic E-state index is 13.9. The zero-order chi connectivity index (χ0) is 15.6. The van der Waals surface area contributed by atoms with Crippen molar-refractivity contribution in [2.75, 3.05) is 0 Å². The summed E-state index contributed by atoms with van der Waals surface area (Å²) in [4.78, 5) is 0. The van der Waals surface area contributed by atoms with E-state index >= 15 is 0 Å². The van der Waals surface area contributed by atoms with E-state index in [0.29, 0.717) is 0 Å². The van der Waals surface area contributed by atoms with Crippen LogP contribution in [0.5, 0.6) is 0 Å². The Balaban J connectivity index is 2.20. The van der Waals surface area contributed by atoms with E-state index in [-0.39, 0.29) is 33.5 Å². The van der Waals surface area contributed by atoms with Crippen molar-refractivity contribution in [3.05, 3.63) is 68.4 Å².